The van der Waals surface area contributed by atoms with Crippen LogP contribution in [0.15, 0.2) is 24.3 Å². The first-order valence-corrected chi connectivity index (χ1v) is 6.80. The Bertz CT molecular complexity index is 588. The van der Waals surface area contributed by atoms with Crippen molar-refractivity contribution in [3.63, 3.8) is 0 Å². The Morgan fingerprint density at radius 3 is 2.95 bits per heavy atom. The fourth-order valence-corrected chi connectivity index (χ4v) is 2.32. The number of nitrogens with one attached hydrogen (secondary N) is 1. The molecule has 0 unspecified atom stereocenters. The minimum atomic E-state index is 0.644. The van der Waals surface area contributed by atoms with Gasteiger partial charge < -0.3 is 9.30 Å². The van der Waals surface area contributed by atoms with Gasteiger partial charge in [-0.25, -0.2) is 0 Å². The van der Waals surface area contributed by atoms with Crippen LogP contribution < -0.4 is 0 Å². The van der Waals surface area contributed by atoms with Gasteiger partial charge in [-0.15, -0.1) is 0 Å². The van der Waals surface area contributed by atoms with Crippen molar-refractivity contribution >= 4 is 12.2 Å². The second-order valence-corrected chi connectivity index (χ2v) is 4.97. The minimum absolute atomic E-state index is 0.644. The lowest BCUT2D eigenvalue weighted by Gasteiger charge is -2.06. The maximum absolute atomic E-state index is 5.23. The number of aromatic amines is 1. The van der Waals surface area contributed by atoms with Crippen LogP contribution in [0.5, 0.6) is 0 Å². The fourth-order valence-electron chi connectivity index (χ4n) is 2.08. The van der Waals surface area contributed by atoms with Crippen LogP contribution in [-0.4, -0.2) is 28.5 Å². The van der Waals surface area contributed by atoms with Crippen LogP contribution in [0.4, 0.5) is 0 Å². The van der Waals surface area contributed by atoms with Gasteiger partial charge in [0.1, 0.15) is 5.82 Å². The number of aromatic nitrogens is 3. The average Bonchev–Trinajstić information content (AvgIpc) is 2.75. The highest BCUT2D eigenvalue weighted by Crippen LogP contribution is 2.08. The van der Waals surface area contributed by atoms with Crippen LogP contribution in [0.2, 0.25) is 0 Å². The zero-order chi connectivity index (χ0) is 13.7. The van der Waals surface area contributed by atoms with E-state index in [1.54, 1.807) is 7.11 Å². The molecule has 102 valence electrons. The third-order valence-electron chi connectivity index (χ3n) is 3.08. The van der Waals surface area contributed by atoms with Crippen molar-refractivity contribution < 1.29 is 4.74 Å². The summed E-state index contributed by atoms with van der Waals surface area (Å²) in [6, 6.07) is 8.55. The number of ether oxygens (including phenoxy) is 1. The first kappa shape index (κ1) is 14.0. The number of aryl methyl sites for hydroxylation is 3. The molecular formula is C14H19N3OS. The summed E-state index contributed by atoms with van der Waals surface area (Å²) in [5.41, 5.74) is 2.61. The number of benzene rings is 1. The minimum Gasteiger partial charge on any atom is -0.383 e. The van der Waals surface area contributed by atoms with Crippen molar-refractivity contribution in [1.29, 1.82) is 0 Å². The van der Waals surface area contributed by atoms with Gasteiger partial charge in [-0.1, -0.05) is 29.8 Å². The van der Waals surface area contributed by atoms with Crippen LogP contribution in [0.3, 0.4) is 0 Å². The Hall–Kier alpha value is -1.46. The Kier molecular flexibility index (Phi) is 4.87. The predicted molar refractivity (Wildman–Crippen MR) is 77.9 cm³/mol. The van der Waals surface area contributed by atoms with Gasteiger partial charge in [-0.2, -0.15) is 5.10 Å². The molecule has 0 spiro atoms. The molecule has 0 radical (unpaired) electrons. The largest absolute Gasteiger partial charge is 0.383 e. The van der Waals surface area contributed by atoms with Crippen molar-refractivity contribution in [2.75, 3.05) is 13.7 Å². The molecule has 1 heterocycles. The summed E-state index contributed by atoms with van der Waals surface area (Å²) in [7, 11) is 1.69. The Morgan fingerprint density at radius 2 is 2.21 bits per heavy atom. The van der Waals surface area contributed by atoms with Crippen molar-refractivity contribution in [3.05, 3.63) is 46.0 Å². The molecule has 5 heteroatoms. The van der Waals surface area contributed by atoms with Crippen molar-refractivity contribution in [2.24, 2.45) is 0 Å². The monoisotopic (exact) mass is 277 g/mol. The van der Waals surface area contributed by atoms with Crippen LogP contribution in [0.1, 0.15) is 17.0 Å². The van der Waals surface area contributed by atoms with Gasteiger partial charge >= 0.3 is 0 Å². The SMILES string of the molecule is COCCn1c(CCc2cccc(C)c2)n[nH]c1=S. The highest BCUT2D eigenvalue weighted by atomic mass is 32.1. The smallest absolute Gasteiger partial charge is 0.195 e. The molecule has 1 aromatic heterocycles. The summed E-state index contributed by atoms with van der Waals surface area (Å²) >= 11 is 5.23. The number of H-pyrrole nitrogens is 1. The lowest BCUT2D eigenvalue weighted by Crippen LogP contribution is -2.09. The van der Waals surface area contributed by atoms with E-state index < -0.39 is 0 Å². The zero-order valence-corrected chi connectivity index (χ0v) is 12.2. The van der Waals surface area contributed by atoms with E-state index in [0.717, 1.165) is 25.2 Å². The summed E-state index contributed by atoms with van der Waals surface area (Å²) in [4.78, 5) is 0. The van der Waals surface area contributed by atoms with E-state index in [-0.39, 0.29) is 0 Å². The molecule has 0 amide bonds. The molecule has 4 nitrogen and oxygen atoms in total. The average molecular weight is 277 g/mol. The zero-order valence-electron chi connectivity index (χ0n) is 11.3. The molecule has 0 saturated heterocycles. The normalized spacial score (nSPS) is 10.8. The second kappa shape index (κ2) is 6.63. The standard InChI is InChI=1S/C14H19N3OS/c1-11-4-3-5-12(10-11)6-7-13-15-16-14(19)17(13)8-9-18-2/h3-5,10H,6-9H2,1-2H3,(H,16,19). The predicted octanol–water partition coefficient (Wildman–Crippen LogP) is 2.68. The molecule has 0 fully saturated rings. The first-order valence-electron chi connectivity index (χ1n) is 6.39. The molecule has 0 atom stereocenters. The van der Waals surface area contributed by atoms with E-state index in [1.807, 2.05) is 4.57 Å². The van der Waals surface area contributed by atoms with Gasteiger partial charge in [0, 0.05) is 20.1 Å². The third-order valence-corrected chi connectivity index (χ3v) is 3.39. The fraction of sp³-hybridized carbons (Fsp3) is 0.429. The molecule has 0 aliphatic carbocycles. The molecule has 2 rings (SSSR count). The van der Waals surface area contributed by atoms with Gasteiger partial charge in [-0.3, -0.25) is 5.10 Å². The van der Waals surface area contributed by atoms with Gasteiger partial charge in [0.2, 0.25) is 0 Å². The molecule has 0 saturated carbocycles. The number of hydrogen-bond donors (Lipinski definition) is 1. The van der Waals surface area contributed by atoms with Gasteiger partial charge in [0.15, 0.2) is 4.77 Å². The molecular weight excluding hydrogens is 258 g/mol. The van der Waals surface area contributed by atoms with E-state index in [4.69, 9.17) is 17.0 Å². The number of methoxy groups -OCH3 is 1. The van der Waals surface area contributed by atoms with Crippen LogP contribution in [-0.2, 0) is 24.1 Å². The Balaban J connectivity index is 2.05. The molecule has 0 bridgehead atoms. The lowest BCUT2D eigenvalue weighted by atomic mass is 10.1. The Morgan fingerprint density at radius 1 is 1.37 bits per heavy atom. The molecule has 1 aromatic carbocycles. The van der Waals surface area contributed by atoms with Crippen LogP contribution in [0.25, 0.3) is 0 Å². The summed E-state index contributed by atoms with van der Waals surface area (Å²) in [6.07, 6.45) is 1.84. The first-order chi connectivity index (χ1) is 9.20. The second-order valence-electron chi connectivity index (χ2n) is 4.58. The number of rotatable bonds is 6. The molecule has 2 aromatic rings. The van der Waals surface area contributed by atoms with Gasteiger partial charge in [0.05, 0.1) is 6.61 Å². The highest BCUT2D eigenvalue weighted by Gasteiger charge is 2.06. The maximum atomic E-state index is 5.23. The van der Waals surface area contributed by atoms with Crippen LogP contribution >= 0.6 is 12.2 Å². The van der Waals surface area contributed by atoms with E-state index in [0.29, 0.717) is 11.4 Å². The van der Waals surface area contributed by atoms with E-state index in [2.05, 4.69) is 41.4 Å². The number of hydrogen-bond acceptors (Lipinski definition) is 3. The quantitative estimate of drug-likeness (QED) is 0.826. The summed E-state index contributed by atoms with van der Waals surface area (Å²) in [5.74, 6) is 0.989. The van der Waals surface area contributed by atoms with E-state index in [1.165, 1.54) is 11.1 Å². The number of nitrogens with zero attached hydrogens (tertiary/aromatic N) is 2. The summed E-state index contributed by atoms with van der Waals surface area (Å²) < 4.78 is 7.77. The maximum Gasteiger partial charge on any atom is 0.195 e. The van der Waals surface area contributed by atoms with Gasteiger partial charge in [0.25, 0.3) is 0 Å². The van der Waals surface area contributed by atoms with Crippen molar-refractivity contribution in [3.8, 4) is 0 Å². The van der Waals surface area contributed by atoms with Crippen molar-refractivity contribution in [1.82, 2.24) is 14.8 Å². The van der Waals surface area contributed by atoms with E-state index in [9.17, 15) is 0 Å². The van der Waals surface area contributed by atoms with Gasteiger partial charge in [-0.05, 0) is 31.1 Å². The van der Waals surface area contributed by atoms with E-state index >= 15 is 0 Å². The topological polar surface area (TPSA) is 42.8 Å². The van der Waals surface area contributed by atoms with Crippen molar-refractivity contribution in [2.45, 2.75) is 26.3 Å². The molecule has 19 heavy (non-hydrogen) atoms. The molecule has 1 N–H and O–H groups in total. The molecule has 0 aliphatic heterocycles. The third kappa shape index (κ3) is 3.75. The Labute approximate surface area is 118 Å². The van der Waals surface area contributed by atoms with Crippen LogP contribution in [0, 0.1) is 11.7 Å². The lowest BCUT2D eigenvalue weighted by molar-refractivity contribution is 0.186. The summed E-state index contributed by atoms with van der Waals surface area (Å²) in [5, 5.41) is 7.15. The molecule has 0 aliphatic rings. The summed E-state index contributed by atoms with van der Waals surface area (Å²) in [6.45, 7) is 3.50. The highest BCUT2D eigenvalue weighted by molar-refractivity contribution is 7.71.